The number of benzene rings is 2. The second kappa shape index (κ2) is 8.67. The molecule has 0 saturated carbocycles. The van der Waals surface area contributed by atoms with E-state index >= 15 is 0 Å². The number of nitrogens with one attached hydrogen (secondary N) is 2. The number of anilines is 2. The average molecular weight is 347 g/mol. The van der Waals surface area contributed by atoms with Crippen molar-refractivity contribution in [3.05, 3.63) is 84.2 Å². The number of aromatic nitrogens is 1. The topological polar surface area (TPSA) is 63.2 Å². The maximum Gasteiger partial charge on any atom is 0.269 e. The summed E-state index contributed by atoms with van der Waals surface area (Å²) < 4.78 is 5.22. The molecule has 5 heteroatoms. The number of nitrogens with zero attached hydrogens (tertiary/aromatic N) is 1. The summed E-state index contributed by atoms with van der Waals surface area (Å²) in [6.07, 6.45) is 2.41. The van der Waals surface area contributed by atoms with Crippen molar-refractivity contribution in [1.82, 2.24) is 10.3 Å². The average Bonchev–Trinajstić information content (AvgIpc) is 2.69. The number of methoxy groups -OCH3 is 1. The van der Waals surface area contributed by atoms with E-state index < -0.39 is 0 Å². The summed E-state index contributed by atoms with van der Waals surface area (Å²) in [4.78, 5) is 16.5. The molecule has 0 saturated heterocycles. The van der Waals surface area contributed by atoms with Gasteiger partial charge in [-0.25, -0.2) is 0 Å². The van der Waals surface area contributed by atoms with Crippen LogP contribution in [0.2, 0.25) is 0 Å². The van der Waals surface area contributed by atoms with Gasteiger partial charge in [0.2, 0.25) is 0 Å². The van der Waals surface area contributed by atoms with E-state index in [2.05, 4.69) is 15.6 Å². The molecule has 1 heterocycles. The summed E-state index contributed by atoms with van der Waals surface area (Å²) in [5.41, 5.74) is 3.24. The zero-order valence-corrected chi connectivity index (χ0v) is 14.6. The quantitative estimate of drug-likeness (QED) is 0.682. The molecule has 2 aromatic carbocycles. The number of carbonyl (C=O) groups is 1. The lowest BCUT2D eigenvalue weighted by atomic mass is 10.1. The predicted octanol–water partition coefficient (Wildman–Crippen LogP) is 3.81. The molecule has 3 rings (SSSR count). The molecule has 0 bridgehead atoms. The largest absolute Gasteiger partial charge is 0.497 e. The molecule has 2 N–H and O–H groups in total. The van der Waals surface area contributed by atoms with Crippen LogP contribution in [0.15, 0.2) is 72.9 Å². The van der Waals surface area contributed by atoms with Gasteiger partial charge in [-0.2, -0.15) is 0 Å². The van der Waals surface area contributed by atoms with Gasteiger partial charge >= 0.3 is 0 Å². The monoisotopic (exact) mass is 347 g/mol. The van der Waals surface area contributed by atoms with Crippen LogP contribution in [0.4, 0.5) is 11.4 Å². The maximum atomic E-state index is 12.3. The van der Waals surface area contributed by atoms with E-state index in [0.29, 0.717) is 12.2 Å². The van der Waals surface area contributed by atoms with Gasteiger partial charge < -0.3 is 15.4 Å². The molecule has 0 radical (unpaired) electrons. The first kappa shape index (κ1) is 17.5. The molecule has 0 atom stereocenters. The van der Waals surface area contributed by atoms with Crippen molar-refractivity contribution in [2.75, 3.05) is 19.0 Å². The highest BCUT2D eigenvalue weighted by molar-refractivity contribution is 5.93. The van der Waals surface area contributed by atoms with Crippen LogP contribution in [0.3, 0.4) is 0 Å². The van der Waals surface area contributed by atoms with Gasteiger partial charge in [-0.05, 0) is 36.2 Å². The highest BCUT2D eigenvalue weighted by atomic mass is 16.5. The molecule has 0 spiro atoms. The fourth-order valence-corrected chi connectivity index (χ4v) is 2.56. The minimum absolute atomic E-state index is 0.185. The van der Waals surface area contributed by atoms with Crippen LogP contribution in [0.5, 0.6) is 5.75 Å². The molecule has 0 unspecified atom stereocenters. The van der Waals surface area contributed by atoms with Gasteiger partial charge in [0.25, 0.3) is 5.91 Å². The van der Waals surface area contributed by atoms with Crippen LogP contribution < -0.4 is 15.4 Å². The van der Waals surface area contributed by atoms with E-state index in [-0.39, 0.29) is 5.91 Å². The van der Waals surface area contributed by atoms with Crippen LogP contribution >= 0.6 is 0 Å². The first-order valence-corrected chi connectivity index (χ1v) is 8.44. The zero-order valence-electron chi connectivity index (χ0n) is 14.6. The summed E-state index contributed by atoms with van der Waals surface area (Å²) in [5.74, 6) is 0.582. The van der Waals surface area contributed by atoms with Gasteiger partial charge in [0.1, 0.15) is 11.4 Å². The minimum Gasteiger partial charge on any atom is -0.497 e. The summed E-state index contributed by atoms with van der Waals surface area (Å²) in [6, 6.07) is 21.2. The van der Waals surface area contributed by atoms with Gasteiger partial charge in [0.05, 0.1) is 7.11 Å². The Balaban J connectivity index is 1.60. The Morgan fingerprint density at radius 3 is 2.62 bits per heavy atom. The van der Waals surface area contributed by atoms with Crippen LogP contribution in [-0.2, 0) is 6.42 Å². The molecular formula is C21H21N3O2. The van der Waals surface area contributed by atoms with Gasteiger partial charge in [0.15, 0.2) is 0 Å². The van der Waals surface area contributed by atoms with E-state index in [1.165, 1.54) is 5.56 Å². The molecule has 0 aliphatic carbocycles. The summed E-state index contributed by atoms with van der Waals surface area (Å²) in [7, 11) is 1.63. The fraction of sp³-hybridized carbons (Fsp3) is 0.143. The Bertz CT molecular complexity index is 866. The summed E-state index contributed by atoms with van der Waals surface area (Å²) in [6.45, 7) is 0.568. The Morgan fingerprint density at radius 2 is 1.81 bits per heavy atom. The van der Waals surface area contributed by atoms with E-state index in [1.807, 2.05) is 60.7 Å². The normalized spacial score (nSPS) is 10.2. The second-order valence-electron chi connectivity index (χ2n) is 5.78. The number of rotatable bonds is 7. The number of ether oxygens (including phenoxy) is 1. The molecule has 0 fully saturated rings. The number of amides is 1. The van der Waals surface area contributed by atoms with Crippen LogP contribution in [0.25, 0.3) is 0 Å². The third kappa shape index (κ3) is 4.83. The number of pyridine rings is 1. The number of hydrogen-bond donors (Lipinski definition) is 2. The summed E-state index contributed by atoms with van der Waals surface area (Å²) in [5, 5.41) is 6.16. The van der Waals surface area contributed by atoms with Gasteiger partial charge in [-0.3, -0.25) is 9.78 Å². The number of carbonyl (C=O) groups excluding carboxylic acids is 1. The van der Waals surface area contributed by atoms with Crippen molar-refractivity contribution >= 4 is 17.3 Å². The third-order valence-corrected chi connectivity index (χ3v) is 3.89. The Kier molecular flexibility index (Phi) is 5.83. The summed E-state index contributed by atoms with van der Waals surface area (Å²) >= 11 is 0. The minimum atomic E-state index is -0.185. The van der Waals surface area contributed by atoms with Crippen molar-refractivity contribution in [3.8, 4) is 5.75 Å². The molecule has 0 aliphatic rings. The van der Waals surface area contributed by atoms with Gasteiger partial charge in [0, 0.05) is 30.2 Å². The van der Waals surface area contributed by atoms with Gasteiger partial charge in [-0.1, -0.05) is 36.4 Å². The predicted molar refractivity (Wildman–Crippen MR) is 103 cm³/mol. The van der Waals surface area contributed by atoms with Crippen LogP contribution in [0, 0.1) is 0 Å². The lowest BCUT2D eigenvalue weighted by Crippen LogP contribution is -2.26. The van der Waals surface area contributed by atoms with E-state index in [4.69, 9.17) is 4.74 Å². The molecule has 0 aliphatic heterocycles. The van der Waals surface area contributed by atoms with Crippen molar-refractivity contribution in [2.24, 2.45) is 0 Å². The SMILES string of the molecule is COc1cccc(Nc2ccnc(C(=O)NCCc3ccccc3)c2)c1. The molecule has 26 heavy (non-hydrogen) atoms. The van der Waals surface area contributed by atoms with Gasteiger partial charge in [-0.15, -0.1) is 0 Å². The van der Waals surface area contributed by atoms with Crippen molar-refractivity contribution in [2.45, 2.75) is 6.42 Å². The van der Waals surface area contributed by atoms with E-state index in [1.54, 1.807) is 19.4 Å². The Labute approximate surface area is 153 Å². The molecule has 5 nitrogen and oxygen atoms in total. The molecule has 132 valence electrons. The lowest BCUT2D eigenvalue weighted by Gasteiger charge is -2.09. The maximum absolute atomic E-state index is 12.3. The highest BCUT2D eigenvalue weighted by Crippen LogP contribution is 2.21. The van der Waals surface area contributed by atoms with Crippen molar-refractivity contribution < 1.29 is 9.53 Å². The first-order valence-electron chi connectivity index (χ1n) is 8.44. The fourth-order valence-electron chi connectivity index (χ4n) is 2.56. The Hall–Kier alpha value is -3.34. The molecule has 1 amide bonds. The first-order chi connectivity index (χ1) is 12.7. The zero-order chi connectivity index (χ0) is 18.2. The van der Waals surface area contributed by atoms with E-state index in [0.717, 1.165) is 23.5 Å². The van der Waals surface area contributed by atoms with Crippen molar-refractivity contribution in [1.29, 1.82) is 0 Å². The van der Waals surface area contributed by atoms with E-state index in [9.17, 15) is 4.79 Å². The highest BCUT2D eigenvalue weighted by Gasteiger charge is 2.08. The standard InChI is InChI=1S/C21H21N3O2/c1-26-19-9-5-8-17(14-19)24-18-11-13-22-20(15-18)21(25)23-12-10-16-6-3-2-4-7-16/h2-9,11,13-15H,10,12H2,1H3,(H,22,24)(H,23,25). The second-order valence-corrected chi connectivity index (χ2v) is 5.78. The van der Waals surface area contributed by atoms with Crippen LogP contribution in [0.1, 0.15) is 16.1 Å². The van der Waals surface area contributed by atoms with Crippen LogP contribution in [-0.4, -0.2) is 24.5 Å². The third-order valence-electron chi connectivity index (χ3n) is 3.89. The van der Waals surface area contributed by atoms with Crippen molar-refractivity contribution in [3.63, 3.8) is 0 Å². The molecule has 3 aromatic rings. The Morgan fingerprint density at radius 1 is 1.00 bits per heavy atom. The molecular weight excluding hydrogens is 326 g/mol. The number of hydrogen-bond acceptors (Lipinski definition) is 4. The lowest BCUT2D eigenvalue weighted by molar-refractivity contribution is 0.0949. The smallest absolute Gasteiger partial charge is 0.269 e. The molecule has 1 aromatic heterocycles.